The van der Waals surface area contributed by atoms with Crippen molar-refractivity contribution >= 4 is 0 Å². The quantitative estimate of drug-likeness (QED) is 0.282. The number of rotatable bonds is 4. The van der Waals surface area contributed by atoms with E-state index in [4.69, 9.17) is 0 Å². The van der Waals surface area contributed by atoms with Gasteiger partial charge >= 0.3 is 6.18 Å². The van der Waals surface area contributed by atoms with Crippen LogP contribution in [0.2, 0.25) is 0 Å². The standard InChI is InChI=1S/C24H14F8/c1-2-3-13-4-5-16(18(25)8-13)14-9-21(28)23(22(29)10-14)15-11-19(26)17(20(27)12-15)6-7-24(30,31)32/h4-5,8-12H,2-3H2,1H3. The number of alkyl halides is 3. The summed E-state index contributed by atoms with van der Waals surface area (Å²) in [6.45, 7) is 1.91. The second kappa shape index (κ2) is 9.03. The molecule has 0 aromatic heterocycles. The zero-order valence-corrected chi connectivity index (χ0v) is 16.5. The predicted octanol–water partition coefficient (Wildman–Crippen LogP) is 7.58. The Kier molecular flexibility index (Phi) is 6.58. The average molecular weight is 454 g/mol. The zero-order chi connectivity index (χ0) is 23.6. The first-order valence-corrected chi connectivity index (χ1v) is 9.37. The maximum Gasteiger partial charge on any atom is 0.458 e. The monoisotopic (exact) mass is 454 g/mol. The van der Waals surface area contributed by atoms with E-state index in [-0.39, 0.29) is 11.1 Å². The number of hydrogen-bond acceptors (Lipinski definition) is 0. The highest BCUT2D eigenvalue weighted by Crippen LogP contribution is 2.34. The summed E-state index contributed by atoms with van der Waals surface area (Å²) in [6.07, 6.45) is -3.57. The van der Waals surface area contributed by atoms with E-state index >= 15 is 0 Å². The molecule has 0 nitrogen and oxygen atoms in total. The zero-order valence-electron chi connectivity index (χ0n) is 16.5. The topological polar surface area (TPSA) is 0 Å². The van der Waals surface area contributed by atoms with Crippen LogP contribution in [-0.4, -0.2) is 6.18 Å². The highest BCUT2D eigenvalue weighted by Gasteiger charge is 2.24. The molecular weight excluding hydrogens is 440 g/mol. The molecule has 0 radical (unpaired) electrons. The van der Waals surface area contributed by atoms with Gasteiger partial charge in [-0.3, -0.25) is 0 Å². The minimum Gasteiger partial charge on any atom is -0.206 e. The predicted molar refractivity (Wildman–Crippen MR) is 104 cm³/mol. The summed E-state index contributed by atoms with van der Waals surface area (Å²) in [7, 11) is 0. The molecule has 166 valence electrons. The van der Waals surface area contributed by atoms with E-state index < -0.39 is 52.0 Å². The molecule has 0 atom stereocenters. The van der Waals surface area contributed by atoms with Crippen molar-refractivity contribution in [3.63, 3.8) is 0 Å². The molecule has 0 saturated heterocycles. The third kappa shape index (κ3) is 5.10. The van der Waals surface area contributed by atoms with Crippen molar-refractivity contribution in [3.05, 3.63) is 82.7 Å². The summed E-state index contributed by atoms with van der Waals surface area (Å²) in [6, 6.07) is 6.83. The van der Waals surface area contributed by atoms with Crippen molar-refractivity contribution in [1.29, 1.82) is 0 Å². The Morgan fingerprint density at radius 1 is 0.719 bits per heavy atom. The summed E-state index contributed by atoms with van der Waals surface area (Å²) < 4.78 is 109. The Morgan fingerprint density at radius 2 is 1.28 bits per heavy atom. The van der Waals surface area contributed by atoms with Gasteiger partial charge in [-0.15, -0.1) is 0 Å². The lowest BCUT2D eigenvalue weighted by molar-refractivity contribution is -0.0696. The second-order valence-corrected chi connectivity index (χ2v) is 6.94. The minimum absolute atomic E-state index is 0.0654. The lowest BCUT2D eigenvalue weighted by Gasteiger charge is -2.11. The van der Waals surface area contributed by atoms with Gasteiger partial charge in [0.2, 0.25) is 0 Å². The molecule has 0 N–H and O–H groups in total. The fraction of sp³-hybridized carbons (Fsp3) is 0.167. The molecular formula is C24H14F8. The summed E-state index contributed by atoms with van der Waals surface area (Å²) in [5.74, 6) is -4.13. The van der Waals surface area contributed by atoms with Crippen LogP contribution in [0.25, 0.3) is 22.3 Å². The highest BCUT2D eigenvalue weighted by molar-refractivity contribution is 5.72. The maximum absolute atomic E-state index is 14.7. The van der Waals surface area contributed by atoms with Crippen LogP contribution in [0.1, 0.15) is 24.5 Å². The van der Waals surface area contributed by atoms with Crippen molar-refractivity contribution < 1.29 is 35.1 Å². The van der Waals surface area contributed by atoms with Crippen molar-refractivity contribution in [1.82, 2.24) is 0 Å². The molecule has 32 heavy (non-hydrogen) atoms. The molecule has 0 aliphatic carbocycles. The van der Waals surface area contributed by atoms with Gasteiger partial charge in [0.05, 0.1) is 11.1 Å². The Bertz CT molecular complexity index is 1180. The molecule has 0 saturated carbocycles. The van der Waals surface area contributed by atoms with E-state index in [1.165, 1.54) is 18.1 Å². The normalized spacial score (nSPS) is 11.3. The van der Waals surface area contributed by atoms with E-state index in [0.717, 1.165) is 24.5 Å². The molecule has 3 aromatic carbocycles. The Labute approximate surface area is 178 Å². The van der Waals surface area contributed by atoms with Crippen LogP contribution in [0.5, 0.6) is 0 Å². The van der Waals surface area contributed by atoms with Gasteiger partial charge in [0.15, 0.2) is 0 Å². The molecule has 0 heterocycles. The molecule has 0 unspecified atom stereocenters. The second-order valence-electron chi connectivity index (χ2n) is 6.94. The third-order valence-corrected chi connectivity index (χ3v) is 4.59. The molecule has 0 amide bonds. The Hall–Kier alpha value is -3.34. The van der Waals surface area contributed by atoms with Crippen LogP contribution < -0.4 is 0 Å². The lowest BCUT2D eigenvalue weighted by Crippen LogP contribution is -2.03. The van der Waals surface area contributed by atoms with Gasteiger partial charge in [0.25, 0.3) is 0 Å². The first-order valence-electron chi connectivity index (χ1n) is 9.37. The molecule has 0 aliphatic rings. The summed E-state index contributed by atoms with van der Waals surface area (Å²) in [4.78, 5) is 0. The van der Waals surface area contributed by atoms with Crippen molar-refractivity contribution in [3.8, 4) is 34.1 Å². The van der Waals surface area contributed by atoms with Crippen LogP contribution in [0, 0.1) is 40.9 Å². The van der Waals surface area contributed by atoms with Crippen LogP contribution in [0.4, 0.5) is 35.1 Å². The van der Waals surface area contributed by atoms with E-state index in [0.29, 0.717) is 24.1 Å². The molecule has 0 bridgehead atoms. The Morgan fingerprint density at radius 3 is 1.78 bits per heavy atom. The summed E-state index contributed by atoms with van der Waals surface area (Å²) in [5, 5.41) is 0. The van der Waals surface area contributed by atoms with Crippen LogP contribution >= 0.6 is 0 Å². The van der Waals surface area contributed by atoms with E-state index in [9.17, 15) is 35.1 Å². The Balaban J connectivity index is 2.05. The largest absolute Gasteiger partial charge is 0.458 e. The summed E-state index contributed by atoms with van der Waals surface area (Å²) >= 11 is 0. The number of halogens is 8. The van der Waals surface area contributed by atoms with E-state index in [2.05, 4.69) is 0 Å². The van der Waals surface area contributed by atoms with Crippen LogP contribution in [0.3, 0.4) is 0 Å². The van der Waals surface area contributed by atoms with Crippen LogP contribution in [-0.2, 0) is 6.42 Å². The first kappa shape index (κ1) is 23.3. The van der Waals surface area contributed by atoms with Gasteiger partial charge in [0, 0.05) is 11.5 Å². The SMILES string of the molecule is CCCc1ccc(-c2cc(F)c(-c3cc(F)c(C#CC(F)(F)F)c(F)c3)c(F)c2)c(F)c1. The first-order chi connectivity index (χ1) is 15.0. The van der Waals surface area contributed by atoms with E-state index in [1.54, 1.807) is 6.07 Å². The molecule has 8 heteroatoms. The van der Waals surface area contributed by atoms with E-state index in [1.807, 2.05) is 6.92 Å². The molecule has 0 aliphatic heterocycles. The fourth-order valence-corrected chi connectivity index (χ4v) is 3.21. The molecule has 0 spiro atoms. The number of aryl methyl sites for hydroxylation is 1. The summed E-state index contributed by atoms with van der Waals surface area (Å²) in [5.41, 5.74) is -2.06. The molecule has 3 aromatic rings. The highest BCUT2D eigenvalue weighted by atomic mass is 19.4. The van der Waals surface area contributed by atoms with Gasteiger partial charge in [-0.2, -0.15) is 13.2 Å². The van der Waals surface area contributed by atoms with Crippen molar-refractivity contribution in [2.45, 2.75) is 25.9 Å². The van der Waals surface area contributed by atoms with Gasteiger partial charge < -0.3 is 0 Å². The average Bonchev–Trinajstić information content (AvgIpc) is 2.66. The fourth-order valence-electron chi connectivity index (χ4n) is 3.21. The minimum atomic E-state index is -4.98. The van der Waals surface area contributed by atoms with Crippen LogP contribution in [0.15, 0.2) is 42.5 Å². The molecule has 3 rings (SSSR count). The molecule has 0 fully saturated rings. The third-order valence-electron chi connectivity index (χ3n) is 4.59. The van der Waals surface area contributed by atoms with Crippen molar-refractivity contribution in [2.75, 3.05) is 0 Å². The van der Waals surface area contributed by atoms with Gasteiger partial charge in [-0.1, -0.05) is 31.4 Å². The van der Waals surface area contributed by atoms with Gasteiger partial charge in [0.1, 0.15) is 29.1 Å². The maximum atomic E-state index is 14.7. The van der Waals surface area contributed by atoms with Gasteiger partial charge in [-0.05, 0) is 53.4 Å². The number of benzene rings is 3. The van der Waals surface area contributed by atoms with Gasteiger partial charge in [-0.25, -0.2) is 22.0 Å². The van der Waals surface area contributed by atoms with Crippen molar-refractivity contribution in [2.24, 2.45) is 0 Å². The number of hydrogen-bond donors (Lipinski definition) is 0. The lowest BCUT2D eigenvalue weighted by atomic mass is 9.96. The smallest absolute Gasteiger partial charge is 0.206 e.